The van der Waals surface area contributed by atoms with Crippen molar-refractivity contribution in [3.8, 4) is 5.75 Å². The fourth-order valence-electron chi connectivity index (χ4n) is 2.88. The lowest BCUT2D eigenvalue weighted by Gasteiger charge is -2.31. The van der Waals surface area contributed by atoms with Gasteiger partial charge >= 0.3 is 0 Å². The molecule has 1 amide bonds. The van der Waals surface area contributed by atoms with E-state index in [1.54, 1.807) is 24.3 Å². The van der Waals surface area contributed by atoms with Crippen molar-refractivity contribution in [3.05, 3.63) is 59.2 Å². The van der Waals surface area contributed by atoms with Gasteiger partial charge in [0.25, 0.3) is 5.91 Å². The van der Waals surface area contributed by atoms with Crippen molar-refractivity contribution in [2.24, 2.45) is 5.14 Å². The van der Waals surface area contributed by atoms with Gasteiger partial charge in [-0.15, -0.1) is 0 Å². The molecule has 142 valence electrons. The number of nitrogens with two attached hydrogens (primary N) is 1. The first-order valence-electron chi connectivity index (χ1n) is 8.31. The van der Waals surface area contributed by atoms with Crippen LogP contribution in [0.5, 0.6) is 5.75 Å². The van der Waals surface area contributed by atoms with Crippen molar-refractivity contribution in [1.82, 2.24) is 5.32 Å². The number of primary sulfonamides is 1. The first-order chi connectivity index (χ1) is 12.5. The van der Waals surface area contributed by atoms with Crippen LogP contribution in [0.3, 0.4) is 0 Å². The lowest BCUT2D eigenvalue weighted by atomic mass is 9.92. The second-order valence-electron chi connectivity index (χ2n) is 7.04. The molecule has 3 N–H and O–H groups in total. The van der Waals surface area contributed by atoms with Gasteiger partial charge in [0.1, 0.15) is 11.4 Å². The van der Waals surface area contributed by atoms with E-state index in [2.05, 4.69) is 5.32 Å². The van der Waals surface area contributed by atoms with Gasteiger partial charge < -0.3 is 10.1 Å². The molecule has 7 nitrogen and oxygen atoms in total. The standard InChI is InChI=1S/C19H20N2O5S/c1-19(2)10-16(22)15-9-13(5-8-17(15)26-19)18(23)21-11-12-3-6-14(7-4-12)27(20,24)25/h3-9H,10-11H2,1-2H3,(H,21,23)(H2,20,24,25). The highest BCUT2D eigenvalue weighted by molar-refractivity contribution is 7.89. The van der Waals surface area contributed by atoms with Gasteiger partial charge in [-0.05, 0) is 49.7 Å². The Kier molecular flexibility index (Phi) is 4.79. The van der Waals surface area contributed by atoms with Crippen molar-refractivity contribution < 1.29 is 22.7 Å². The summed E-state index contributed by atoms with van der Waals surface area (Å²) in [7, 11) is -3.75. The van der Waals surface area contributed by atoms with E-state index in [9.17, 15) is 18.0 Å². The van der Waals surface area contributed by atoms with Crippen molar-refractivity contribution in [1.29, 1.82) is 0 Å². The third-order valence-electron chi connectivity index (χ3n) is 4.22. The van der Waals surface area contributed by atoms with Crippen LogP contribution in [-0.2, 0) is 16.6 Å². The topological polar surface area (TPSA) is 116 Å². The van der Waals surface area contributed by atoms with Crippen LogP contribution in [0.25, 0.3) is 0 Å². The van der Waals surface area contributed by atoms with Crippen LogP contribution in [0, 0.1) is 0 Å². The molecule has 0 radical (unpaired) electrons. The maximum absolute atomic E-state index is 12.4. The SMILES string of the molecule is CC1(C)CC(=O)c2cc(C(=O)NCc3ccc(S(N)(=O)=O)cc3)ccc2O1. The number of ketones is 1. The number of Topliss-reactive ketones (excluding diaryl/α,β-unsaturated/α-hetero) is 1. The number of carbonyl (C=O) groups is 2. The molecule has 27 heavy (non-hydrogen) atoms. The minimum Gasteiger partial charge on any atom is -0.487 e. The predicted octanol–water partition coefficient (Wildman–Crippen LogP) is 2.01. The van der Waals surface area contributed by atoms with Crippen LogP contribution in [0.4, 0.5) is 0 Å². The zero-order valence-electron chi connectivity index (χ0n) is 15.0. The molecule has 0 aromatic heterocycles. The van der Waals surface area contributed by atoms with Crippen LogP contribution in [0.15, 0.2) is 47.4 Å². The van der Waals surface area contributed by atoms with Crippen LogP contribution >= 0.6 is 0 Å². The lowest BCUT2D eigenvalue weighted by Crippen LogP contribution is -2.36. The number of fused-ring (bicyclic) bond motifs is 1. The van der Waals surface area contributed by atoms with E-state index in [1.807, 2.05) is 13.8 Å². The first-order valence-corrected chi connectivity index (χ1v) is 9.86. The number of hydrogen-bond acceptors (Lipinski definition) is 5. The fourth-order valence-corrected chi connectivity index (χ4v) is 3.39. The maximum atomic E-state index is 12.4. The quantitative estimate of drug-likeness (QED) is 0.831. The van der Waals surface area contributed by atoms with Gasteiger partial charge in [-0.3, -0.25) is 9.59 Å². The molecule has 0 saturated heterocycles. The van der Waals surface area contributed by atoms with Gasteiger partial charge in [0, 0.05) is 12.1 Å². The van der Waals surface area contributed by atoms with Crippen molar-refractivity contribution >= 4 is 21.7 Å². The summed E-state index contributed by atoms with van der Waals surface area (Å²) in [5, 5.41) is 7.79. The van der Waals surface area contributed by atoms with E-state index >= 15 is 0 Å². The molecule has 2 aromatic rings. The summed E-state index contributed by atoms with van der Waals surface area (Å²) in [6.45, 7) is 3.89. The van der Waals surface area contributed by atoms with Crippen molar-refractivity contribution in [2.75, 3.05) is 0 Å². The molecule has 0 atom stereocenters. The van der Waals surface area contributed by atoms with Crippen LogP contribution < -0.4 is 15.2 Å². The molecule has 0 bridgehead atoms. The van der Waals surface area contributed by atoms with Crippen LogP contribution in [-0.4, -0.2) is 25.7 Å². The molecule has 1 heterocycles. The van der Waals surface area contributed by atoms with Crippen molar-refractivity contribution in [3.63, 3.8) is 0 Å². The van der Waals surface area contributed by atoms with E-state index in [0.717, 1.165) is 5.56 Å². The molecular weight excluding hydrogens is 368 g/mol. The van der Waals surface area contributed by atoms with Gasteiger partial charge in [0.15, 0.2) is 5.78 Å². The van der Waals surface area contributed by atoms with Gasteiger partial charge in [-0.25, -0.2) is 13.6 Å². The predicted molar refractivity (Wildman–Crippen MR) is 99.1 cm³/mol. The third-order valence-corrected chi connectivity index (χ3v) is 5.15. The number of rotatable bonds is 4. The third kappa shape index (κ3) is 4.35. The summed E-state index contributed by atoms with van der Waals surface area (Å²) >= 11 is 0. The summed E-state index contributed by atoms with van der Waals surface area (Å²) in [5.41, 5.74) is 0.915. The second kappa shape index (κ2) is 6.79. The van der Waals surface area contributed by atoms with E-state index in [4.69, 9.17) is 9.88 Å². The number of sulfonamides is 1. The van der Waals surface area contributed by atoms with Crippen LogP contribution in [0.1, 0.15) is 46.5 Å². The normalized spacial score (nSPS) is 15.6. The zero-order valence-corrected chi connectivity index (χ0v) is 15.8. The molecule has 0 aliphatic carbocycles. The Morgan fingerprint density at radius 3 is 2.48 bits per heavy atom. The average molecular weight is 388 g/mol. The smallest absolute Gasteiger partial charge is 0.251 e. The Labute approximate surface area is 157 Å². The number of hydrogen-bond donors (Lipinski definition) is 2. The summed E-state index contributed by atoms with van der Waals surface area (Å²) in [4.78, 5) is 24.7. The highest BCUT2D eigenvalue weighted by Crippen LogP contribution is 2.33. The van der Waals surface area contributed by atoms with Gasteiger partial charge in [-0.2, -0.15) is 0 Å². The molecule has 1 aliphatic heterocycles. The molecule has 0 saturated carbocycles. The fraction of sp³-hybridized carbons (Fsp3) is 0.263. The highest BCUT2D eigenvalue weighted by Gasteiger charge is 2.32. The highest BCUT2D eigenvalue weighted by atomic mass is 32.2. The number of amides is 1. The molecule has 2 aromatic carbocycles. The Bertz CT molecular complexity index is 1010. The van der Waals surface area contributed by atoms with E-state index in [0.29, 0.717) is 16.9 Å². The van der Waals surface area contributed by atoms with Gasteiger partial charge in [0.2, 0.25) is 10.0 Å². The van der Waals surface area contributed by atoms with E-state index < -0.39 is 15.6 Å². The minimum atomic E-state index is -3.75. The van der Waals surface area contributed by atoms with Gasteiger partial charge in [0.05, 0.1) is 16.9 Å². The Hall–Kier alpha value is -2.71. The number of carbonyl (C=O) groups excluding carboxylic acids is 2. The molecule has 3 rings (SSSR count). The lowest BCUT2D eigenvalue weighted by molar-refractivity contribution is 0.0620. The molecule has 1 aliphatic rings. The molecular formula is C19H20N2O5S. The second-order valence-corrected chi connectivity index (χ2v) is 8.61. The largest absolute Gasteiger partial charge is 0.487 e. The summed E-state index contributed by atoms with van der Waals surface area (Å²) < 4.78 is 28.3. The van der Waals surface area contributed by atoms with Gasteiger partial charge in [-0.1, -0.05) is 12.1 Å². The molecule has 0 fully saturated rings. The van der Waals surface area contributed by atoms with Crippen LogP contribution in [0.2, 0.25) is 0 Å². The zero-order chi connectivity index (χ0) is 19.8. The average Bonchev–Trinajstić information content (AvgIpc) is 2.58. The minimum absolute atomic E-state index is 0.00806. The summed E-state index contributed by atoms with van der Waals surface area (Å²) in [5.74, 6) is 0.0758. The Morgan fingerprint density at radius 2 is 1.85 bits per heavy atom. The monoisotopic (exact) mass is 388 g/mol. The van der Waals surface area contributed by atoms with Crippen molar-refractivity contribution in [2.45, 2.75) is 37.3 Å². The summed E-state index contributed by atoms with van der Waals surface area (Å²) in [6, 6.07) is 10.7. The number of nitrogens with one attached hydrogen (secondary N) is 1. The van der Waals surface area contributed by atoms with E-state index in [1.165, 1.54) is 18.2 Å². The first kappa shape index (κ1) is 19.1. The number of ether oxygens (including phenoxy) is 1. The number of benzene rings is 2. The maximum Gasteiger partial charge on any atom is 0.251 e. The van der Waals surface area contributed by atoms with E-state index in [-0.39, 0.29) is 29.6 Å². The molecule has 0 unspecified atom stereocenters. The molecule has 0 spiro atoms. The molecule has 8 heteroatoms. The Morgan fingerprint density at radius 1 is 1.19 bits per heavy atom. The Balaban J connectivity index is 1.70. The summed E-state index contributed by atoms with van der Waals surface area (Å²) in [6.07, 6.45) is 0.251.